The van der Waals surface area contributed by atoms with Crippen molar-refractivity contribution >= 4 is 0 Å². The molecule has 0 heteroatoms. The van der Waals surface area contributed by atoms with Crippen molar-refractivity contribution < 1.29 is 0 Å². The highest BCUT2D eigenvalue weighted by atomic mass is 14.6. The van der Waals surface area contributed by atoms with E-state index in [1.807, 2.05) is 0 Å². The Morgan fingerprint density at radius 3 is 0.679 bits per heavy atom. The smallest absolute Gasteiger partial charge is 0.0210 e. The fraction of sp³-hybridized carbons (Fsp3) is 1.00. The van der Waals surface area contributed by atoms with E-state index in [2.05, 4.69) is 13.8 Å². The lowest BCUT2D eigenvalue weighted by Gasteiger charge is -2.64. The fourth-order valence-corrected chi connectivity index (χ4v) is 9.24. The molecule has 0 aliphatic heterocycles. The van der Waals surface area contributed by atoms with Gasteiger partial charge in [-0.15, -0.1) is 0 Å². The molecular formula is C28H50. The zero-order valence-corrected chi connectivity index (χ0v) is 19.5. The quantitative estimate of drug-likeness (QED) is 0.441. The highest BCUT2D eigenvalue weighted by Gasteiger charge is 2.59. The minimum absolute atomic E-state index is 0.609. The summed E-state index contributed by atoms with van der Waals surface area (Å²) in [4.78, 5) is 0. The SMILES string of the molecule is CC(C1CCCCC1)(C1CCCCC1)C(C)(C1CCCCC1)C1CCCCC1. The summed E-state index contributed by atoms with van der Waals surface area (Å²) in [7, 11) is 0. The summed E-state index contributed by atoms with van der Waals surface area (Å²) < 4.78 is 0. The van der Waals surface area contributed by atoms with Crippen molar-refractivity contribution in [2.45, 2.75) is 142 Å². The van der Waals surface area contributed by atoms with Crippen LogP contribution in [0.25, 0.3) is 0 Å². The lowest BCUT2D eigenvalue weighted by molar-refractivity contribution is -0.153. The molecule has 4 saturated carbocycles. The van der Waals surface area contributed by atoms with Crippen LogP contribution < -0.4 is 0 Å². The van der Waals surface area contributed by atoms with Crippen LogP contribution in [-0.2, 0) is 0 Å². The summed E-state index contributed by atoms with van der Waals surface area (Å²) >= 11 is 0. The van der Waals surface area contributed by atoms with E-state index in [9.17, 15) is 0 Å². The van der Waals surface area contributed by atoms with E-state index >= 15 is 0 Å². The van der Waals surface area contributed by atoms with Crippen LogP contribution in [0.3, 0.4) is 0 Å². The molecule has 28 heavy (non-hydrogen) atoms. The third kappa shape index (κ3) is 3.85. The van der Waals surface area contributed by atoms with Gasteiger partial charge in [-0.05, 0) is 85.9 Å². The first-order valence-corrected chi connectivity index (χ1v) is 13.7. The van der Waals surface area contributed by atoms with E-state index in [1.165, 1.54) is 77.0 Å². The molecule has 162 valence electrons. The van der Waals surface area contributed by atoms with Crippen molar-refractivity contribution in [3.05, 3.63) is 0 Å². The zero-order chi connectivity index (χ0) is 19.5. The first kappa shape index (κ1) is 21.2. The van der Waals surface area contributed by atoms with E-state index in [4.69, 9.17) is 0 Å². The van der Waals surface area contributed by atoms with Gasteiger partial charge >= 0.3 is 0 Å². The molecule has 4 aliphatic rings. The van der Waals surface area contributed by atoms with Crippen LogP contribution in [0.5, 0.6) is 0 Å². The van der Waals surface area contributed by atoms with Gasteiger partial charge in [0.2, 0.25) is 0 Å². The Morgan fingerprint density at radius 1 is 0.321 bits per heavy atom. The van der Waals surface area contributed by atoms with E-state index in [0.29, 0.717) is 10.8 Å². The van der Waals surface area contributed by atoms with Gasteiger partial charge in [-0.3, -0.25) is 0 Å². The Bertz CT molecular complexity index is 372. The molecule has 0 unspecified atom stereocenters. The lowest BCUT2D eigenvalue weighted by Crippen LogP contribution is -2.57. The second kappa shape index (κ2) is 9.43. The molecule has 4 rings (SSSR count). The highest BCUT2D eigenvalue weighted by Crippen LogP contribution is 2.66. The van der Waals surface area contributed by atoms with Gasteiger partial charge in [0.1, 0.15) is 0 Å². The van der Waals surface area contributed by atoms with Crippen LogP contribution in [0.2, 0.25) is 0 Å². The molecule has 0 saturated heterocycles. The molecule has 0 N–H and O–H groups in total. The summed E-state index contributed by atoms with van der Waals surface area (Å²) in [5.41, 5.74) is 1.22. The van der Waals surface area contributed by atoms with Gasteiger partial charge in [0.15, 0.2) is 0 Å². The maximum absolute atomic E-state index is 2.89. The van der Waals surface area contributed by atoms with Crippen LogP contribution in [-0.4, -0.2) is 0 Å². The predicted molar refractivity (Wildman–Crippen MR) is 123 cm³/mol. The second-order valence-corrected chi connectivity index (χ2v) is 11.9. The Morgan fingerprint density at radius 2 is 0.500 bits per heavy atom. The Balaban J connectivity index is 1.74. The topological polar surface area (TPSA) is 0 Å². The average Bonchev–Trinajstić information content (AvgIpc) is 2.80. The molecule has 0 atom stereocenters. The molecule has 0 aromatic carbocycles. The molecule has 4 aliphatic carbocycles. The summed E-state index contributed by atoms with van der Waals surface area (Å²) in [6.07, 6.45) is 30.7. The second-order valence-electron chi connectivity index (χ2n) is 11.9. The van der Waals surface area contributed by atoms with Crippen molar-refractivity contribution in [3.8, 4) is 0 Å². The van der Waals surface area contributed by atoms with Crippen LogP contribution in [0.1, 0.15) is 142 Å². The van der Waals surface area contributed by atoms with Crippen molar-refractivity contribution in [1.82, 2.24) is 0 Å². The Labute approximate surface area is 177 Å². The number of hydrogen-bond donors (Lipinski definition) is 0. The summed E-state index contributed by atoms with van der Waals surface area (Å²) in [5, 5.41) is 0. The molecule has 0 nitrogen and oxygen atoms in total. The lowest BCUT2D eigenvalue weighted by atomic mass is 9.41. The van der Waals surface area contributed by atoms with Gasteiger partial charge in [0, 0.05) is 0 Å². The maximum Gasteiger partial charge on any atom is -0.0210 e. The summed E-state index contributed by atoms with van der Waals surface area (Å²) in [6, 6.07) is 0. The normalized spacial score (nSPS) is 28.5. The molecule has 0 amide bonds. The molecule has 0 bridgehead atoms. The van der Waals surface area contributed by atoms with E-state index in [-0.39, 0.29) is 0 Å². The van der Waals surface area contributed by atoms with Crippen molar-refractivity contribution in [2.24, 2.45) is 34.5 Å². The van der Waals surface area contributed by atoms with Gasteiger partial charge in [-0.1, -0.05) is 90.9 Å². The van der Waals surface area contributed by atoms with Crippen LogP contribution >= 0.6 is 0 Å². The number of hydrogen-bond acceptors (Lipinski definition) is 0. The van der Waals surface area contributed by atoms with Crippen molar-refractivity contribution in [2.75, 3.05) is 0 Å². The van der Waals surface area contributed by atoms with Crippen LogP contribution in [0.15, 0.2) is 0 Å². The predicted octanol–water partition coefficient (Wildman–Crippen LogP) is 9.32. The van der Waals surface area contributed by atoms with Gasteiger partial charge in [-0.25, -0.2) is 0 Å². The monoisotopic (exact) mass is 386 g/mol. The summed E-state index contributed by atoms with van der Waals surface area (Å²) in [6.45, 7) is 5.78. The van der Waals surface area contributed by atoms with Crippen molar-refractivity contribution in [1.29, 1.82) is 0 Å². The Kier molecular flexibility index (Phi) is 7.15. The van der Waals surface area contributed by atoms with E-state index in [1.54, 1.807) is 51.4 Å². The molecular weight excluding hydrogens is 336 g/mol. The minimum Gasteiger partial charge on any atom is -0.0586 e. The molecule has 4 fully saturated rings. The van der Waals surface area contributed by atoms with Gasteiger partial charge in [-0.2, -0.15) is 0 Å². The minimum atomic E-state index is 0.609. The van der Waals surface area contributed by atoms with Gasteiger partial charge in [0.05, 0.1) is 0 Å². The van der Waals surface area contributed by atoms with Gasteiger partial charge < -0.3 is 0 Å². The maximum atomic E-state index is 2.89. The largest absolute Gasteiger partial charge is 0.0586 e. The van der Waals surface area contributed by atoms with E-state index in [0.717, 1.165) is 23.7 Å². The molecule has 0 aromatic heterocycles. The first-order chi connectivity index (χ1) is 13.7. The Hall–Kier alpha value is 0. The highest BCUT2D eigenvalue weighted by molar-refractivity contribution is 5.07. The van der Waals surface area contributed by atoms with E-state index < -0.39 is 0 Å². The zero-order valence-electron chi connectivity index (χ0n) is 19.5. The molecule has 0 radical (unpaired) electrons. The average molecular weight is 387 g/mol. The third-order valence-corrected chi connectivity index (χ3v) is 11.0. The third-order valence-electron chi connectivity index (χ3n) is 11.0. The fourth-order valence-electron chi connectivity index (χ4n) is 9.24. The standard InChI is InChI=1S/C28H50/c1-27(23-15-7-3-8-16-23,24-17-9-4-10-18-24)28(2,25-19-11-5-12-20-25)26-21-13-6-14-22-26/h23-26H,3-22H2,1-2H3. The van der Waals surface area contributed by atoms with Crippen molar-refractivity contribution in [3.63, 3.8) is 0 Å². The summed E-state index contributed by atoms with van der Waals surface area (Å²) in [5.74, 6) is 4.10. The molecule has 0 spiro atoms. The van der Waals surface area contributed by atoms with Gasteiger partial charge in [0.25, 0.3) is 0 Å². The van der Waals surface area contributed by atoms with Crippen LogP contribution in [0.4, 0.5) is 0 Å². The van der Waals surface area contributed by atoms with Crippen LogP contribution in [0, 0.1) is 34.5 Å². The number of rotatable bonds is 5. The molecule has 0 aromatic rings. The first-order valence-electron chi connectivity index (χ1n) is 13.7. The molecule has 0 heterocycles.